The molecule has 4 heterocycles. The number of esters is 1. The summed E-state index contributed by atoms with van der Waals surface area (Å²) in [5.74, 6) is 2.12. The number of fused-ring (bicyclic) bond motifs is 3. The second kappa shape index (κ2) is 8.52. The molecule has 2 aromatic carbocycles. The van der Waals surface area contributed by atoms with Crippen molar-refractivity contribution < 1.29 is 28.5 Å². The fraction of sp³-hybridized carbons (Fsp3) is 0.448. The molecular weight excluding hydrogens is 472 g/mol. The summed E-state index contributed by atoms with van der Waals surface area (Å²) < 4.78 is 29.6. The maximum Gasteiger partial charge on any atom is 0.350 e. The molecule has 0 saturated carbocycles. The van der Waals surface area contributed by atoms with Gasteiger partial charge in [0.1, 0.15) is 11.8 Å². The minimum atomic E-state index is -0.848. The predicted molar refractivity (Wildman–Crippen MR) is 135 cm³/mol. The SMILES string of the molecule is COC1=CC23CCCN2CCc2cc4c(cc2C3C1OC(=O)C1OC(C)=NC1c1ccccc1)OCO4. The van der Waals surface area contributed by atoms with Crippen LogP contribution in [0.15, 0.2) is 59.3 Å². The van der Waals surface area contributed by atoms with Crippen LogP contribution in [-0.2, 0) is 25.4 Å². The summed E-state index contributed by atoms with van der Waals surface area (Å²) >= 11 is 0. The number of ether oxygens (including phenoxy) is 5. The number of hydrogen-bond acceptors (Lipinski definition) is 8. The van der Waals surface area contributed by atoms with Crippen molar-refractivity contribution in [2.45, 2.75) is 55.9 Å². The number of nitrogens with zero attached hydrogens (tertiary/aromatic N) is 2. The highest BCUT2D eigenvalue weighted by Crippen LogP contribution is 2.55. The zero-order chi connectivity index (χ0) is 25.1. The zero-order valence-electron chi connectivity index (χ0n) is 21.0. The van der Waals surface area contributed by atoms with Gasteiger partial charge in [-0.3, -0.25) is 4.90 Å². The molecular formula is C29H30N2O6. The van der Waals surface area contributed by atoms with E-state index in [1.165, 1.54) is 5.56 Å². The van der Waals surface area contributed by atoms with Crippen molar-refractivity contribution in [3.63, 3.8) is 0 Å². The van der Waals surface area contributed by atoms with Gasteiger partial charge in [0.05, 0.1) is 18.6 Å². The molecule has 1 saturated heterocycles. The summed E-state index contributed by atoms with van der Waals surface area (Å²) in [4.78, 5) is 20.9. The third kappa shape index (κ3) is 3.45. The second-order valence-corrected chi connectivity index (χ2v) is 10.4. The van der Waals surface area contributed by atoms with Crippen molar-refractivity contribution in [1.82, 2.24) is 4.90 Å². The molecule has 0 radical (unpaired) electrons. The lowest BCUT2D eigenvalue weighted by molar-refractivity contribution is -0.159. The van der Waals surface area contributed by atoms with Gasteiger partial charge in [0.25, 0.3) is 0 Å². The molecule has 7 rings (SSSR count). The number of aliphatic imine (C=N–C) groups is 1. The van der Waals surface area contributed by atoms with E-state index in [0.717, 1.165) is 55.0 Å². The molecule has 1 aliphatic carbocycles. The van der Waals surface area contributed by atoms with Crippen molar-refractivity contribution in [3.05, 3.63) is 71.0 Å². The Bertz CT molecular complexity index is 1310. The van der Waals surface area contributed by atoms with Gasteiger partial charge in [-0.05, 0) is 60.7 Å². The van der Waals surface area contributed by atoms with Crippen LogP contribution in [0.5, 0.6) is 11.5 Å². The quantitative estimate of drug-likeness (QED) is 0.587. The lowest BCUT2D eigenvalue weighted by atomic mass is 9.77. The first-order valence-corrected chi connectivity index (χ1v) is 13.0. The molecule has 37 heavy (non-hydrogen) atoms. The molecule has 5 unspecified atom stereocenters. The third-order valence-corrected chi connectivity index (χ3v) is 8.49. The van der Waals surface area contributed by atoms with Crippen LogP contribution in [0.2, 0.25) is 0 Å². The Morgan fingerprint density at radius 1 is 1.14 bits per heavy atom. The molecule has 192 valence electrons. The van der Waals surface area contributed by atoms with E-state index < -0.39 is 24.2 Å². The van der Waals surface area contributed by atoms with E-state index in [4.69, 9.17) is 23.7 Å². The van der Waals surface area contributed by atoms with Crippen LogP contribution in [0.3, 0.4) is 0 Å². The lowest BCUT2D eigenvalue weighted by Crippen LogP contribution is -2.48. The van der Waals surface area contributed by atoms with Crippen LogP contribution in [0.4, 0.5) is 0 Å². The first-order chi connectivity index (χ1) is 18.1. The van der Waals surface area contributed by atoms with Gasteiger partial charge in [0.15, 0.2) is 23.5 Å². The normalized spacial score (nSPS) is 31.4. The Labute approximate surface area is 215 Å². The van der Waals surface area contributed by atoms with Crippen LogP contribution in [0.1, 0.15) is 48.4 Å². The molecule has 0 bridgehead atoms. The number of methoxy groups -OCH3 is 1. The third-order valence-electron chi connectivity index (χ3n) is 8.49. The van der Waals surface area contributed by atoms with Crippen LogP contribution in [0, 0.1) is 0 Å². The van der Waals surface area contributed by atoms with E-state index in [2.05, 4.69) is 28.1 Å². The Kier molecular flexibility index (Phi) is 5.22. The molecule has 1 spiro atoms. The van der Waals surface area contributed by atoms with E-state index in [0.29, 0.717) is 11.7 Å². The molecule has 2 aromatic rings. The van der Waals surface area contributed by atoms with Gasteiger partial charge < -0.3 is 23.7 Å². The average Bonchev–Trinajstić information content (AvgIpc) is 3.68. The second-order valence-electron chi connectivity index (χ2n) is 10.4. The Hall–Kier alpha value is -3.52. The number of carbonyl (C=O) groups is 1. The highest BCUT2D eigenvalue weighted by molar-refractivity contribution is 5.85. The standard InChI is InChI=1S/C29H30N2O6/c1-17-30-25(18-7-4-3-5-8-18)27(36-17)28(32)37-26-23(33-2)15-29-10-6-11-31(29)12-9-19-13-21-22(35-16-34-21)14-20(19)24(26)29/h3-5,7-8,13-15,24-27H,6,9-12,16H2,1-2H3. The number of hydrogen-bond donors (Lipinski definition) is 0. The van der Waals surface area contributed by atoms with Crippen LogP contribution in [-0.4, -0.2) is 61.5 Å². The summed E-state index contributed by atoms with van der Waals surface area (Å²) in [5.41, 5.74) is 2.97. The molecule has 0 amide bonds. The van der Waals surface area contributed by atoms with Gasteiger partial charge >= 0.3 is 5.97 Å². The van der Waals surface area contributed by atoms with Crippen molar-refractivity contribution in [3.8, 4) is 11.5 Å². The first kappa shape index (κ1) is 22.7. The predicted octanol–water partition coefficient (Wildman–Crippen LogP) is 3.90. The fourth-order valence-corrected chi connectivity index (χ4v) is 6.91. The first-order valence-electron chi connectivity index (χ1n) is 13.0. The number of carbonyl (C=O) groups excluding carboxylic acids is 1. The van der Waals surface area contributed by atoms with Gasteiger partial charge in [0, 0.05) is 13.5 Å². The summed E-state index contributed by atoms with van der Waals surface area (Å²) in [7, 11) is 1.65. The molecule has 4 aliphatic heterocycles. The summed E-state index contributed by atoms with van der Waals surface area (Å²) in [5, 5.41) is 0. The zero-order valence-corrected chi connectivity index (χ0v) is 21.0. The lowest BCUT2D eigenvalue weighted by Gasteiger charge is -2.39. The Balaban J connectivity index is 1.27. The van der Waals surface area contributed by atoms with E-state index >= 15 is 0 Å². The van der Waals surface area contributed by atoms with Gasteiger partial charge in [-0.1, -0.05) is 30.3 Å². The molecule has 5 aliphatic rings. The molecule has 0 aromatic heterocycles. The maximum absolute atomic E-state index is 13.8. The molecule has 5 atom stereocenters. The largest absolute Gasteiger partial charge is 0.497 e. The molecule has 8 heteroatoms. The van der Waals surface area contributed by atoms with E-state index in [-0.39, 0.29) is 18.2 Å². The average molecular weight is 503 g/mol. The summed E-state index contributed by atoms with van der Waals surface area (Å²) in [6, 6.07) is 13.5. The van der Waals surface area contributed by atoms with Gasteiger partial charge in [-0.25, -0.2) is 9.79 Å². The molecule has 8 nitrogen and oxygen atoms in total. The highest BCUT2D eigenvalue weighted by atomic mass is 16.7. The maximum atomic E-state index is 13.8. The monoisotopic (exact) mass is 502 g/mol. The van der Waals surface area contributed by atoms with Crippen molar-refractivity contribution in [2.24, 2.45) is 4.99 Å². The topological polar surface area (TPSA) is 78.8 Å². The van der Waals surface area contributed by atoms with Crippen molar-refractivity contribution in [2.75, 3.05) is 27.0 Å². The van der Waals surface area contributed by atoms with E-state index in [9.17, 15) is 4.79 Å². The van der Waals surface area contributed by atoms with Crippen molar-refractivity contribution >= 4 is 11.9 Å². The van der Waals surface area contributed by atoms with Gasteiger partial charge in [0.2, 0.25) is 12.9 Å². The minimum absolute atomic E-state index is 0.125. The number of benzene rings is 2. The van der Waals surface area contributed by atoms with Gasteiger partial charge in [-0.15, -0.1) is 0 Å². The number of rotatable bonds is 4. The molecule has 0 N–H and O–H groups in total. The van der Waals surface area contributed by atoms with Crippen LogP contribution < -0.4 is 9.47 Å². The van der Waals surface area contributed by atoms with Crippen LogP contribution in [0.25, 0.3) is 0 Å². The smallest absolute Gasteiger partial charge is 0.350 e. The van der Waals surface area contributed by atoms with E-state index in [1.807, 2.05) is 30.3 Å². The van der Waals surface area contributed by atoms with Crippen molar-refractivity contribution in [1.29, 1.82) is 0 Å². The minimum Gasteiger partial charge on any atom is -0.497 e. The molecule has 1 fully saturated rings. The fourth-order valence-electron chi connectivity index (χ4n) is 6.91. The highest BCUT2D eigenvalue weighted by Gasteiger charge is 2.58. The van der Waals surface area contributed by atoms with E-state index in [1.54, 1.807) is 14.0 Å². The Morgan fingerprint density at radius 3 is 2.76 bits per heavy atom. The van der Waals surface area contributed by atoms with Gasteiger partial charge in [-0.2, -0.15) is 0 Å². The Morgan fingerprint density at radius 2 is 1.95 bits per heavy atom. The summed E-state index contributed by atoms with van der Waals surface area (Å²) in [6.45, 7) is 3.92. The summed E-state index contributed by atoms with van der Waals surface area (Å²) in [6.07, 6.45) is 3.72. The van der Waals surface area contributed by atoms with Crippen LogP contribution >= 0.6 is 0 Å².